The van der Waals surface area contributed by atoms with Gasteiger partial charge in [-0.15, -0.1) is 0 Å². The lowest BCUT2D eigenvalue weighted by molar-refractivity contribution is 0.166. The lowest BCUT2D eigenvalue weighted by atomic mass is 9.98. The highest BCUT2D eigenvalue weighted by Gasteiger charge is 2.15. The van der Waals surface area contributed by atoms with E-state index < -0.39 is 0 Å². The van der Waals surface area contributed by atoms with Gasteiger partial charge in [-0.2, -0.15) is 0 Å². The topological polar surface area (TPSA) is 23.5 Å². The number of rotatable bonds is 6. The Morgan fingerprint density at radius 3 is 2.43 bits per heavy atom. The SMILES string of the molecule is CCCC(CCO)CN1CCCCC1. The van der Waals surface area contributed by atoms with Gasteiger partial charge in [0.1, 0.15) is 0 Å². The molecular weight excluding hydrogens is 174 g/mol. The fraction of sp³-hybridized carbons (Fsp3) is 1.00. The Balaban J connectivity index is 2.21. The van der Waals surface area contributed by atoms with Gasteiger partial charge in [0, 0.05) is 13.2 Å². The zero-order chi connectivity index (χ0) is 10.2. The van der Waals surface area contributed by atoms with Gasteiger partial charge in [0.05, 0.1) is 0 Å². The smallest absolute Gasteiger partial charge is 0.0434 e. The lowest BCUT2D eigenvalue weighted by Gasteiger charge is -2.30. The van der Waals surface area contributed by atoms with E-state index in [2.05, 4.69) is 11.8 Å². The predicted octanol–water partition coefficient (Wildman–Crippen LogP) is 2.27. The summed E-state index contributed by atoms with van der Waals surface area (Å²) < 4.78 is 0. The van der Waals surface area contributed by atoms with E-state index in [-0.39, 0.29) is 0 Å². The molecule has 1 atom stereocenters. The van der Waals surface area contributed by atoms with Crippen LogP contribution in [0.4, 0.5) is 0 Å². The Bertz CT molecular complexity index is 126. The molecule has 14 heavy (non-hydrogen) atoms. The second kappa shape index (κ2) is 7.24. The van der Waals surface area contributed by atoms with Crippen LogP contribution in [0.15, 0.2) is 0 Å². The third kappa shape index (κ3) is 4.43. The quantitative estimate of drug-likeness (QED) is 0.709. The van der Waals surface area contributed by atoms with E-state index in [1.807, 2.05) is 0 Å². The molecule has 0 aromatic heterocycles. The summed E-state index contributed by atoms with van der Waals surface area (Å²) in [6, 6.07) is 0. The van der Waals surface area contributed by atoms with Gasteiger partial charge in [-0.05, 0) is 44.7 Å². The first-order valence-electron chi connectivity index (χ1n) is 6.20. The highest BCUT2D eigenvalue weighted by Crippen LogP contribution is 2.16. The van der Waals surface area contributed by atoms with Gasteiger partial charge in [0.15, 0.2) is 0 Å². The van der Waals surface area contributed by atoms with Crippen LogP contribution in [0.3, 0.4) is 0 Å². The van der Waals surface area contributed by atoms with E-state index in [9.17, 15) is 0 Å². The number of hydrogen-bond acceptors (Lipinski definition) is 2. The van der Waals surface area contributed by atoms with Gasteiger partial charge in [-0.3, -0.25) is 0 Å². The summed E-state index contributed by atoms with van der Waals surface area (Å²) in [4.78, 5) is 2.58. The van der Waals surface area contributed by atoms with Gasteiger partial charge in [0.25, 0.3) is 0 Å². The number of aliphatic hydroxyl groups is 1. The first-order chi connectivity index (χ1) is 6.86. The molecule has 0 aromatic rings. The van der Waals surface area contributed by atoms with Crippen LogP contribution in [0, 0.1) is 5.92 Å². The first kappa shape index (κ1) is 12.0. The average molecular weight is 199 g/mol. The molecular formula is C12H25NO. The van der Waals surface area contributed by atoms with Crippen molar-refractivity contribution in [2.75, 3.05) is 26.2 Å². The Labute approximate surface area is 88.3 Å². The first-order valence-corrected chi connectivity index (χ1v) is 6.20. The number of aliphatic hydroxyl groups excluding tert-OH is 1. The number of hydrogen-bond donors (Lipinski definition) is 1. The molecule has 0 amide bonds. The molecule has 0 radical (unpaired) electrons. The fourth-order valence-corrected chi connectivity index (χ4v) is 2.42. The molecule has 1 rings (SSSR count). The minimum absolute atomic E-state index is 0.360. The molecule has 1 aliphatic rings. The Morgan fingerprint density at radius 2 is 1.86 bits per heavy atom. The maximum atomic E-state index is 8.97. The predicted molar refractivity (Wildman–Crippen MR) is 60.4 cm³/mol. The molecule has 1 heterocycles. The van der Waals surface area contributed by atoms with E-state index in [0.717, 1.165) is 12.3 Å². The molecule has 1 unspecified atom stereocenters. The van der Waals surface area contributed by atoms with Crippen molar-refractivity contribution in [3.05, 3.63) is 0 Å². The van der Waals surface area contributed by atoms with E-state index in [0.29, 0.717) is 6.61 Å². The maximum absolute atomic E-state index is 8.97. The molecule has 84 valence electrons. The zero-order valence-electron chi connectivity index (χ0n) is 9.54. The van der Waals surface area contributed by atoms with Crippen LogP contribution in [0.5, 0.6) is 0 Å². The van der Waals surface area contributed by atoms with Crippen molar-refractivity contribution in [3.8, 4) is 0 Å². The molecule has 0 aromatic carbocycles. The fourth-order valence-electron chi connectivity index (χ4n) is 2.42. The summed E-state index contributed by atoms with van der Waals surface area (Å²) in [5.41, 5.74) is 0. The molecule has 1 fully saturated rings. The molecule has 0 aliphatic carbocycles. The van der Waals surface area contributed by atoms with Crippen LogP contribution < -0.4 is 0 Å². The van der Waals surface area contributed by atoms with Crippen LogP contribution in [0.25, 0.3) is 0 Å². The maximum Gasteiger partial charge on any atom is 0.0434 e. The van der Waals surface area contributed by atoms with E-state index in [1.54, 1.807) is 0 Å². The standard InChI is InChI=1S/C12H25NO/c1-2-6-12(7-10-14)11-13-8-4-3-5-9-13/h12,14H,2-11H2,1H3. The molecule has 1 N–H and O–H groups in total. The summed E-state index contributed by atoms with van der Waals surface area (Å²) in [5.74, 6) is 0.725. The van der Waals surface area contributed by atoms with Crippen molar-refractivity contribution in [3.63, 3.8) is 0 Å². The van der Waals surface area contributed by atoms with Gasteiger partial charge < -0.3 is 10.0 Å². The molecule has 2 nitrogen and oxygen atoms in total. The average Bonchev–Trinajstić information content (AvgIpc) is 2.20. The molecule has 2 heteroatoms. The third-order valence-electron chi connectivity index (χ3n) is 3.20. The van der Waals surface area contributed by atoms with Crippen LogP contribution in [-0.2, 0) is 0 Å². The minimum atomic E-state index is 0.360. The lowest BCUT2D eigenvalue weighted by Crippen LogP contribution is -2.34. The number of piperidine rings is 1. The van der Waals surface area contributed by atoms with Crippen molar-refractivity contribution >= 4 is 0 Å². The van der Waals surface area contributed by atoms with Crippen LogP contribution >= 0.6 is 0 Å². The summed E-state index contributed by atoms with van der Waals surface area (Å²) in [5, 5.41) is 8.97. The molecule has 0 bridgehead atoms. The zero-order valence-corrected chi connectivity index (χ0v) is 9.54. The van der Waals surface area contributed by atoms with Gasteiger partial charge in [0.2, 0.25) is 0 Å². The molecule has 1 aliphatic heterocycles. The van der Waals surface area contributed by atoms with E-state index >= 15 is 0 Å². The van der Waals surface area contributed by atoms with Crippen molar-refractivity contribution in [1.29, 1.82) is 0 Å². The van der Waals surface area contributed by atoms with Crippen LogP contribution in [-0.4, -0.2) is 36.2 Å². The summed E-state index contributed by atoms with van der Waals surface area (Å²) >= 11 is 0. The van der Waals surface area contributed by atoms with Crippen LogP contribution in [0.2, 0.25) is 0 Å². The molecule has 0 saturated carbocycles. The normalized spacial score (nSPS) is 21.0. The van der Waals surface area contributed by atoms with E-state index in [1.165, 1.54) is 51.7 Å². The number of nitrogens with zero attached hydrogens (tertiary/aromatic N) is 1. The Hall–Kier alpha value is -0.0800. The van der Waals surface area contributed by atoms with Crippen molar-refractivity contribution < 1.29 is 5.11 Å². The Kier molecular flexibility index (Phi) is 6.20. The monoisotopic (exact) mass is 199 g/mol. The highest BCUT2D eigenvalue weighted by atomic mass is 16.3. The summed E-state index contributed by atoms with van der Waals surface area (Å²) in [6.07, 6.45) is 7.67. The molecule has 0 spiro atoms. The van der Waals surface area contributed by atoms with E-state index in [4.69, 9.17) is 5.11 Å². The van der Waals surface area contributed by atoms with Crippen molar-refractivity contribution in [1.82, 2.24) is 4.90 Å². The Morgan fingerprint density at radius 1 is 1.14 bits per heavy atom. The summed E-state index contributed by atoms with van der Waals surface area (Å²) in [7, 11) is 0. The summed E-state index contributed by atoms with van der Waals surface area (Å²) in [6.45, 7) is 6.38. The van der Waals surface area contributed by atoms with Gasteiger partial charge in [-0.25, -0.2) is 0 Å². The molecule has 1 saturated heterocycles. The highest BCUT2D eigenvalue weighted by molar-refractivity contribution is 4.69. The van der Waals surface area contributed by atoms with Crippen LogP contribution in [0.1, 0.15) is 45.4 Å². The third-order valence-corrected chi connectivity index (χ3v) is 3.20. The largest absolute Gasteiger partial charge is 0.396 e. The van der Waals surface area contributed by atoms with Crippen molar-refractivity contribution in [2.45, 2.75) is 45.4 Å². The minimum Gasteiger partial charge on any atom is -0.396 e. The second-order valence-corrected chi connectivity index (χ2v) is 4.53. The second-order valence-electron chi connectivity index (χ2n) is 4.53. The van der Waals surface area contributed by atoms with Gasteiger partial charge in [-0.1, -0.05) is 19.8 Å². The van der Waals surface area contributed by atoms with Crippen molar-refractivity contribution in [2.24, 2.45) is 5.92 Å². The number of likely N-dealkylation sites (tertiary alicyclic amines) is 1. The van der Waals surface area contributed by atoms with Gasteiger partial charge >= 0.3 is 0 Å².